The van der Waals surface area contributed by atoms with Crippen molar-refractivity contribution < 1.29 is 23.8 Å². The van der Waals surface area contributed by atoms with Crippen LogP contribution in [0.25, 0.3) is 0 Å². The molecule has 6 nitrogen and oxygen atoms in total. The van der Waals surface area contributed by atoms with Gasteiger partial charge in [0.25, 0.3) is 0 Å². The molecule has 0 spiro atoms. The summed E-state index contributed by atoms with van der Waals surface area (Å²) in [5.74, 6) is -1.28. The molecule has 0 heterocycles. The molecule has 7 heteroatoms. The number of aliphatic carboxylic acids is 1. The monoisotopic (exact) mass is 196 g/mol. The van der Waals surface area contributed by atoms with Crippen LogP contribution in [0.3, 0.4) is 0 Å². The first-order valence-electron chi connectivity index (χ1n) is 3.16. The fourth-order valence-electron chi connectivity index (χ4n) is 0.598. The Labute approximate surface area is 71.7 Å². The van der Waals surface area contributed by atoms with Crippen molar-refractivity contribution in [1.29, 1.82) is 0 Å². The zero-order valence-corrected chi connectivity index (χ0v) is 6.99. The predicted molar refractivity (Wildman–Crippen MR) is 40.0 cm³/mol. The molecule has 0 rings (SSSR count). The summed E-state index contributed by atoms with van der Waals surface area (Å²) < 4.78 is 20.6. The average molecular weight is 196 g/mol. The van der Waals surface area contributed by atoms with Crippen molar-refractivity contribution in [2.75, 3.05) is 6.61 Å². The van der Waals surface area contributed by atoms with Crippen molar-refractivity contribution >= 4 is 17.0 Å². The van der Waals surface area contributed by atoms with Crippen LogP contribution >= 0.6 is 0 Å². The first-order chi connectivity index (χ1) is 5.49. The van der Waals surface area contributed by atoms with E-state index in [4.69, 9.17) is 15.9 Å². The number of hydrogen-bond donors (Lipinski definition) is 3. The quantitative estimate of drug-likeness (QED) is 0.438. The number of carboxylic acids is 1. The van der Waals surface area contributed by atoms with E-state index in [9.17, 15) is 13.6 Å². The second-order valence-electron chi connectivity index (χ2n) is 2.25. The molecule has 0 aromatic rings. The summed E-state index contributed by atoms with van der Waals surface area (Å²) in [5.41, 5.74) is 5.05. The highest BCUT2D eigenvalue weighted by atomic mass is 32.2. The minimum atomic E-state index is -2.48. The van der Waals surface area contributed by atoms with E-state index in [-0.39, 0.29) is 6.42 Å². The number of carbonyl (C=O) groups is 1. The van der Waals surface area contributed by atoms with Gasteiger partial charge >= 0.3 is 5.97 Å². The second kappa shape index (κ2) is 5.20. The minimum absolute atomic E-state index is 0.276. The Bertz CT molecular complexity index is 185. The third kappa shape index (κ3) is 3.77. The summed E-state index contributed by atoms with van der Waals surface area (Å²) in [6, 6.07) is -1.25. The zero-order chi connectivity index (χ0) is 9.72. The molecule has 0 amide bonds. The van der Waals surface area contributed by atoms with Crippen LogP contribution < -0.4 is 5.73 Å². The number of carboxylic acid groups (broad SMARTS) is 1. The van der Waals surface area contributed by atoms with Gasteiger partial charge < -0.3 is 20.5 Å². The molecule has 0 saturated heterocycles. The maximum atomic E-state index is 10.3. The summed E-state index contributed by atoms with van der Waals surface area (Å²) in [5, 5.41) is 15.7. The lowest BCUT2D eigenvalue weighted by Gasteiger charge is -2.18. The number of rotatable bonds is 5. The van der Waals surface area contributed by atoms with Crippen molar-refractivity contribution in [3.8, 4) is 0 Å². The Morgan fingerprint density at radius 3 is 2.42 bits per heavy atom. The van der Waals surface area contributed by atoms with Gasteiger partial charge in [-0.25, -0.2) is 0 Å². The third-order valence-electron chi connectivity index (χ3n) is 1.31. The van der Waals surface area contributed by atoms with E-state index in [1.807, 2.05) is 0 Å². The van der Waals surface area contributed by atoms with Crippen LogP contribution in [0, 0.1) is 0 Å². The number of aliphatic hydroxyl groups excluding tert-OH is 1. The van der Waals surface area contributed by atoms with E-state index in [1.165, 1.54) is 0 Å². The van der Waals surface area contributed by atoms with Gasteiger partial charge in [-0.1, -0.05) is 0 Å². The van der Waals surface area contributed by atoms with Crippen LogP contribution in [0.15, 0.2) is 0 Å². The Balaban J connectivity index is 4.02. The van der Waals surface area contributed by atoms with E-state index in [1.54, 1.807) is 0 Å². The zero-order valence-electron chi connectivity index (χ0n) is 6.17. The first kappa shape index (κ1) is 11.5. The van der Waals surface area contributed by atoms with Crippen LogP contribution in [0.4, 0.5) is 0 Å². The molecule has 3 atom stereocenters. The third-order valence-corrected chi connectivity index (χ3v) is 2.20. The maximum Gasteiger partial charge on any atom is 0.320 e. The number of aliphatic hydroxyl groups is 1. The van der Waals surface area contributed by atoms with Crippen LogP contribution in [-0.4, -0.2) is 42.8 Å². The molecule has 0 aliphatic heterocycles. The summed E-state index contributed by atoms with van der Waals surface area (Å²) in [6.07, 6.45) is -0.276. The molecule has 0 aromatic carbocycles. The highest BCUT2D eigenvalue weighted by Crippen LogP contribution is 2.02. The molecule has 0 bridgehead atoms. The van der Waals surface area contributed by atoms with Crippen molar-refractivity contribution in [3.63, 3.8) is 0 Å². The second-order valence-corrected chi connectivity index (χ2v) is 3.43. The van der Waals surface area contributed by atoms with Crippen molar-refractivity contribution in [2.45, 2.75) is 17.7 Å². The van der Waals surface area contributed by atoms with E-state index < -0.39 is 34.9 Å². The van der Waals surface area contributed by atoms with Crippen LogP contribution in [0.5, 0.6) is 0 Å². The van der Waals surface area contributed by atoms with E-state index in [0.29, 0.717) is 0 Å². The highest BCUT2D eigenvalue weighted by molar-refractivity contribution is 7.79. The molecule has 12 heavy (non-hydrogen) atoms. The molecule has 0 fully saturated rings. The van der Waals surface area contributed by atoms with Gasteiger partial charge in [0.05, 0.1) is 6.61 Å². The molecule has 0 aliphatic carbocycles. The van der Waals surface area contributed by atoms with Crippen LogP contribution in [0.2, 0.25) is 0 Å². The lowest BCUT2D eigenvalue weighted by Crippen LogP contribution is -2.36. The SMILES string of the molecule is N[C@H](CC(CO)S(=O)[O-])C(=O)O. The van der Waals surface area contributed by atoms with Crippen molar-refractivity contribution in [2.24, 2.45) is 5.73 Å². The topological polar surface area (TPSA) is 124 Å². The summed E-state index contributed by atoms with van der Waals surface area (Å²) in [4.78, 5) is 10.2. The maximum absolute atomic E-state index is 10.3. The Morgan fingerprint density at radius 2 is 2.17 bits per heavy atom. The molecule has 72 valence electrons. The molecule has 4 N–H and O–H groups in total. The summed E-state index contributed by atoms with van der Waals surface area (Å²) >= 11 is -2.48. The van der Waals surface area contributed by atoms with Gasteiger partial charge in [0, 0.05) is 5.25 Å². The lowest BCUT2D eigenvalue weighted by molar-refractivity contribution is -0.138. The number of hydrogen-bond acceptors (Lipinski definition) is 5. The largest absolute Gasteiger partial charge is 0.772 e. The molecule has 0 aromatic heterocycles. The van der Waals surface area contributed by atoms with Gasteiger partial charge in [0.15, 0.2) is 0 Å². The first-order valence-corrected chi connectivity index (χ1v) is 4.30. The smallest absolute Gasteiger partial charge is 0.320 e. The highest BCUT2D eigenvalue weighted by Gasteiger charge is 2.18. The summed E-state index contributed by atoms with van der Waals surface area (Å²) in [7, 11) is 0. The normalized spacial score (nSPS) is 18.2. The standard InChI is InChI=1S/C5H11NO5S/c6-4(5(8)9)1-3(2-7)12(10)11/h3-4,7H,1-2,6H2,(H,8,9)(H,10,11)/p-1/t3?,4-/m1/s1. The predicted octanol–water partition coefficient (Wildman–Crippen LogP) is -1.97. The Morgan fingerprint density at radius 1 is 1.67 bits per heavy atom. The average Bonchev–Trinajstić information content (AvgIpc) is 1.98. The molecule has 0 radical (unpaired) electrons. The molecule has 0 aliphatic rings. The fraction of sp³-hybridized carbons (Fsp3) is 0.800. The molecule has 2 unspecified atom stereocenters. The molecular weight excluding hydrogens is 186 g/mol. The van der Waals surface area contributed by atoms with E-state index >= 15 is 0 Å². The lowest BCUT2D eigenvalue weighted by atomic mass is 10.2. The van der Waals surface area contributed by atoms with Gasteiger partial charge in [0.1, 0.15) is 6.04 Å². The fourth-order valence-corrected chi connectivity index (χ4v) is 1.08. The molecular formula is C5H10NO5S-. The summed E-state index contributed by atoms with van der Waals surface area (Å²) in [6.45, 7) is -0.614. The van der Waals surface area contributed by atoms with Gasteiger partial charge in [-0.2, -0.15) is 0 Å². The Kier molecular flexibility index (Phi) is 4.98. The molecule has 0 saturated carbocycles. The van der Waals surface area contributed by atoms with Gasteiger partial charge in [0.2, 0.25) is 0 Å². The van der Waals surface area contributed by atoms with Crippen LogP contribution in [-0.2, 0) is 15.9 Å². The Hall–Kier alpha value is -0.500. The van der Waals surface area contributed by atoms with Crippen LogP contribution in [0.1, 0.15) is 6.42 Å². The van der Waals surface area contributed by atoms with Gasteiger partial charge in [-0.3, -0.25) is 9.00 Å². The van der Waals surface area contributed by atoms with E-state index in [0.717, 1.165) is 0 Å². The number of nitrogens with two attached hydrogens (primary N) is 1. The van der Waals surface area contributed by atoms with Gasteiger partial charge in [-0.05, 0) is 17.5 Å². The van der Waals surface area contributed by atoms with Gasteiger partial charge in [-0.15, -0.1) is 0 Å². The van der Waals surface area contributed by atoms with E-state index in [2.05, 4.69) is 0 Å². The van der Waals surface area contributed by atoms with Crippen molar-refractivity contribution in [3.05, 3.63) is 0 Å². The van der Waals surface area contributed by atoms with Crippen molar-refractivity contribution in [1.82, 2.24) is 0 Å². The minimum Gasteiger partial charge on any atom is -0.772 e.